The standard InChI is InChI=1S/C7H6O2.Mg.2H/c8-5-6-3-1-2-4-7(6)9;;;/h1-5,9H;;;/q;+2;2*-1. The molecule has 1 rings (SSSR count). The Bertz CT molecular complexity index is 230. The molecule has 0 unspecified atom stereocenters. The Hall–Kier alpha value is -0.544. The van der Waals surface area contributed by atoms with E-state index in [1.54, 1.807) is 18.2 Å². The van der Waals surface area contributed by atoms with Crippen LogP contribution in [0.25, 0.3) is 0 Å². The fraction of sp³-hybridized carbons (Fsp3) is 0. The predicted octanol–water partition coefficient (Wildman–Crippen LogP) is 1.05. The van der Waals surface area contributed by atoms with E-state index in [1.807, 2.05) is 0 Å². The van der Waals surface area contributed by atoms with Gasteiger partial charge >= 0.3 is 23.1 Å². The van der Waals surface area contributed by atoms with Gasteiger partial charge in [-0.25, -0.2) is 0 Å². The Labute approximate surface area is 78.0 Å². The molecule has 0 bridgehead atoms. The molecule has 0 aliphatic heterocycles. The topological polar surface area (TPSA) is 37.3 Å². The molecule has 1 aromatic rings. The summed E-state index contributed by atoms with van der Waals surface area (Å²) >= 11 is 0. The van der Waals surface area contributed by atoms with Crippen LogP contribution >= 0.6 is 0 Å². The van der Waals surface area contributed by atoms with Gasteiger partial charge in [0.15, 0.2) is 6.29 Å². The number of phenols is 1. The van der Waals surface area contributed by atoms with Gasteiger partial charge in [-0.15, -0.1) is 0 Å². The minimum atomic E-state index is 0. The van der Waals surface area contributed by atoms with E-state index in [0.717, 1.165) is 0 Å². The third-order valence-electron chi connectivity index (χ3n) is 1.06. The van der Waals surface area contributed by atoms with Crippen LogP contribution in [0.1, 0.15) is 13.2 Å². The first-order chi connectivity index (χ1) is 4.34. The monoisotopic (exact) mass is 148 g/mol. The molecule has 0 saturated heterocycles. The van der Waals surface area contributed by atoms with Crippen molar-refractivity contribution in [1.82, 2.24) is 0 Å². The average Bonchev–Trinajstić information content (AvgIpc) is 1.89. The number of para-hydroxylation sites is 1. The molecule has 10 heavy (non-hydrogen) atoms. The quantitative estimate of drug-likeness (QED) is 0.477. The van der Waals surface area contributed by atoms with Crippen LogP contribution in [0.4, 0.5) is 0 Å². The third kappa shape index (κ3) is 2.00. The number of hydrogen-bond donors (Lipinski definition) is 1. The molecule has 1 N–H and O–H groups in total. The van der Waals surface area contributed by atoms with Gasteiger partial charge < -0.3 is 7.96 Å². The van der Waals surface area contributed by atoms with Crippen LogP contribution in [0.15, 0.2) is 24.3 Å². The maximum Gasteiger partial charge on any atom is 2.00 e. The molecule has 3 heteroatoms. The van der Waals surface area contributed by atoms with E-state index < -0.39 is 0 Å². The zero-order valence-corrected chi connectivity index (χ0v) is 6.86. The van der Waals surface area contributed by atoms with Gasteiger partial charge in [-0.2, -0.15) is 0 Å². The molecular weight excluding hydrogens is 140 g/mol. The Kier molecular flexibility index (Phi) is 4.07. The number of hydrogen-bond acceptors (Lipinski definition) is 2. The molecule has 0 saturated carbocycles. The van der Waals surface area contributed by atoms with Crippen molar-refractivity contribution in [1.29, 1.82) is 0 Å². The van der Waals surface area contributed by atoms with E-state index >= 15 is 0 Å². The first kappa shape index (κ1) is 9.46. The molecule has 0 aliphatic rings. The van der Waals surface area contributed by atoms with Crippen molar-refractivity contribution < 1.29 is 12.8 Å². The van der Waals surface area contributed by atoms with E-state index in [9.17, 15) is 4.79 Å². The van der Waals surface area contributed by atoms with Gasteiger partial charge in [0.25, 0.3) is 0 Å². The molecule has 0 heterocycles. The van der Waals surface area contributed by atoms with Gasteiger partial charge in [0, 0.05) is 0 Å². The molecule has 0 amide bonds. The molecule has 0 atom stereocenters. The number of carbonyl (C=O) groups excluding carboxylic acids is 1. The molecule has 0 fully saturated rings. The maximum atomic E-state index is 10.1. The van der Waals surface area contributed by atoms with Crippen LogP contribution < -0.4 is 0 Å². The summed E-state index contributed by atoms with van der Waals surface area (Å²) in [5.41, 5.74) is 0.331. The van der Waals surface area contributed by atoms with Crippen LogP contribution in [0.5, 0.6) is 5.75 Å². The molecule has 0 aromatic heterocycles. The van der Waals surface area contributed by atoms with E-state index in [1.165, 1.54) is 6.07 Å². The van der Waals surface area contributed by atoms with Crippen molar-refractivity contribution >= 4 is 29.3 Å². The molecule has 50 valence electrons. The van der Waals surface area contributed by atoms with Gasteiger partial charge in [0.1, 0.15) is 5.75 Å². The van der Waals surface area contributed by atoms with E-state index in [0.29, 0.717) is 11.8 Å². The van der Waals surface area contributed by atoms with Gasteiger partial charge in [-0.3, -0.25) is 4.79 Å². The number of carbonyl (C=O) groups is 1. The van der Waals surface area contributed by atoms with Crippen molar-refractivity contribution in [3.63, 3.8) is 0 Å². The number of benzene rings is 1. The summed E-state index contributed by atoms with van der Waals surface area (Å²) in [5.74, 6) is 0.0347. The second-order valence-electron chi connectivity index (χ2n) is 1.68. The molecular formula is C7H8MgO2. The SMILES string of the molecule is O=Cc1ccccc1O.[H-].[H-].[Mg+2]. The summed E-state index contributed by atoms with van der Waals surface area (Å²) in [5, 5.41) is 8.88. The largest absolute Gasteiger partial charge is 2.00 e. The van der Waals surface area contributed by atoms with Gasteiger partial charge in [-0.05, 0) is 12.1 Å². The Balaban J connectivity index is -0.000000270. The summed E-state index contributed by atoms with van der Waals surface area (Å²) < 4.78 is 0. The zero-order valence-electron chi connectivity index (χ0n) is 7.45. The number of phenolic OH excluding ortho intramolecular Hbond substituents is 1. The number of rotatable bonds is 1. The smallest absolute Gasteiger partial charge is 1.00 e. The summed E-state index contributed by atoms with van der Waals surface area (Å²) in [7, 11) is 0. The Morgan fingerprint density at radius 2 is 2.00 bits per heavy atom. The van der Waals surface area contributed by atoms with Crippen molar-refractivity contribution in [2.45, 2.75) is 0 Å². The van der Waals surface area contributed by atoms with E-state index in [-0.39, 0.29) is 31.7 Å². The molecule has 2 nitrogen and oxygen atoms in total. The van der Waals surface area contributed by atoms with Crippen molar-refractivity contribution in [3.05, 3.63) is 29.8 Å². The van der Waals surface area contributed by atoms with Crippen LogP contribution in [0.3, 0.4) is 0 Å². The summed E-state index contributed by atoms with van der Waals surface area (Å²) in [6.07, 6.45) is 0.620. The van der Waals surface area contributed by atoms with E-state index in [4.69, 9.17) is 5.11 Å². The zero-order chi connectivity index (χ0) is 6.69. The minimum Gasteiger partial charge on any atom is -1.00 e. The van der Waals surface area contributed by atoms with Crippen LogP contribution in [-0.2, 0) is 0 Å². The fourth-order valence-corrected chi connectivity index (χ4v) is 0.587. The fourth-order valence-electron chi connectivity index (χ4n) is 0.587. The molecule has 0 aliphatic carbocycles. The second kappa shape index (κ2) is 4.30. The molecule has 0 spiro atoms. The van der Waals surface area contributed by atoms with Crippen LogP contribution in [-0.4, -0.2) is 34.4 Å². The van der Waals surface area contributed by atoms with Crippen LogP contribution in [0, 0.1) is 0 Å². The normalized spacial score (nSPS) is 8.00. The first-order valence-corrected chi connectivity index (χ1v) is 2.58. The van der Waals surface area contributed by atoms with E-state index in [2.05, 4.69) is 0 Å². The third-order valence-corrected chi connectivity index (χ3v) is 1.06. The summed E-state index contributed by atoms with van der Waals surface area (Å²) in [6.45, 7) is 0. The number of aldehydes is 1. The summed E-state index contributed by atoms with van der Waals surface area (Å²) in [4.78, 5) is 10.1. The molecule has 0 radical (unpaired) electrons. The van der Waals surface area contributed by atoms with Gasteiger partial charge in [0.05, 0.1) is 5.56 Å². The van der Waals surface area contributed by atoms with Crippen molar-refractivity contribution in [2.75, 3.05) is 0 Å². The number of aromatic hydroxyl groups is 1. The maximum absolute atomic E-state index is 10.1. The van der Waals surface area contributed by atoms with Crippen molar-refractivity contribution in [2.24, 2.45) is 0 Å². The minimum absolute atomic E-state index is 0. The van der Waals surface area contributed by atoms with Crippen LogP contribution in [0.2, 0.25) is 0 Å². The summed E-state index contributed by atoms with van der Waals surface area (Å²) in [6, 6.07) is 6.40. The predicted molar refractivity (Wildman–Crippen MR) is 41.5 cm³/mol. The average molecular weight is 148 g/mol. The van der Waals surface area contributed by atoms with Gasteiger partial charge in [0.2, 0.25) is 0 Å². The Morgan fingerprint density at radius 1 is 1.40 bits per heavy atom. The van der Waals surface area contributed by atoms with Gasteiger partial charge in [-0.1, -0.05) is 12.1 Å². The van der Waals surface area contributed by atoms with Crippen molar-refractivity contribution in [3.8, 4) is 5.75 Å². The second-order valence-corrected chi connectivity index (χ2v) is 1.68. The molecule has 1 aromatic carbocycles. The first-order valence-electron chi connectivity index (χ1n) is 2.58. The Morgan fingerprint density at radius 3 is 2.40 bits per heavy atom.